The molecule has 0 bridgehead atoms. The van der Waals surface area contributed by atoms with Gasteiger partial charge in [0.05, 0.1) is 12.7 Å². The summed E-state index contributed by atoms with van der Waals surface area (Å²) in [6, 6.07) is 0. The molecular formula is C7H14O5. The second kappa shape index (κ2) is 3.68. The molecule has 1 aliphatic rings. The minimum atomic E-state index is -1.32. The zero-order chi connectivity index (χ0) is 9.30. The van der Waals surface area contributed by atoms with Crippen molar-refractivity contribution >= 4 is 0 Å². The maximum absolute atomic E-state index is 9.37. The highest BCUT2D eigenvalue weighted by Crippen LogP contribution is 2.24. The molecular weight excluding hydrogens is 164 g/mol. The lowest BCUT2D eigenvalue weighted by atomic mass is 9.91. The van der Waals surface area contributed by atoms with Gasteiger partial charge in [-0.3, -0.25) is 0 Å². The molecule has 1 aliphatic heterocycles. The molecule has 0 aromatic carbocycles. The van der Waals surface area contributed by atoms with Gasteiger partial charge in [-0.2, -0.15) is 0 Å². The highest BCUT2D eigenvalue weighted by molar-refractivity contribution is 4.85. The lowest BCUT2D eigenvalue weighted by Gasteiger charge is -2.38. The number of rotatable bonds is 1. The Morgan fingerprint density at radius 1 is 1.17 bits per heavy atom. The summed E-state index contributed by atoms with van der Waals surface area (Å²) in [4.78, 5) is 0. The van der Waals surface area contributed by atoms with Crippen LogP contribution in [0.1, 0.15) is 6.92 Å². The molecule has 3 unspecified atom stereocenters. The van der Waals surface area contributed by atoms with Gasteiger partial charge >= 0.3 is 0 Å². The Labute approximate surface area is 70.2 Å². The van der Waals surface area contributed by atoms with Crippen molar-refractivity contribution in [1.29, 1.82) is 0 Å². The Hall–Kier alpha value is -0.200. The molecule has 0 aromatic rings. The van der Waals surface area contributed by atoms with Crippen LogP contribution in [0.2, 0.25) is 0 Å². The molecule has 4 N–H and O–H groups in total. The first-order valence-electron chi connectivity index (χ1n) is 3.88. The summed E-state index contributed by atoms with van der Waals surface area (Å²) in [6.07, 6.45) is -4.16. The molecule has 1 heterocycles. The summed E-state index contributed by atoms with van der Waals surface area (Å²) >= 11 is 0. The average Bonchev–Trinajstić information content (AvgIpc) is 2.08. The predicted molar refractivity (Wildman–Crippen MR) is 39.1 cm³/mol. The first kappa shape index (κ1) is 9.88. The number of aliphatic hydroxyl groups excluding tert-OH is 4. The summed E-state index contributed by atoms with van der Waals surface area (Å²) in [5.74, 6) is -0.495. The maximum atomic E-state index is 9.37. The van der Waals surface area contributed by atoms with E-state index < -0.39 is 30.5 Å². The van der Waals surface area contributed by atoms with Crippen molar-refractivity contribution in [3.05, 3.63) is 0 Å². The van der Waals surface area contributed by atoms with Crippen LogP contribution in [0.15, 0.2) is 0 Å². The molecule has 0 aromatic heterocycles. The SMILES string of the molecule is CC1C(O)[C@H](O)OC(CO)[C@@H]1O. The van der Waals surface area contributed by atoms with Crippen LogP contribution in [0.5, 0.6) is 0 Å². The third kappa shape index (κ3) is 1.60. The van der Waals surface area contributed by atoms with E-state index in [0.717, 1.165) is 0 Å². The molecule has 5 nitrogen and oxygen atoms in total. The standard InChI is InChI=1S/C7H14O5/c1-3-5(9)4(2-8)12-7(11)6(3)10/h3-11H,2H2,1H3/t3?,4?,5-,6?,7-/m1/s1. The molecule has 0 radical (unpaired) electrons. The molecule has 0 aliphatic carbocycles. The Morgan fingerprint density at radius 2 is 1.75 bits per heavy atom. The van der Waals surface area contributed by atoms with Crippen molar-refractivity contribution in [3.8, 4) is 0 Å². The quantitative estimate of drug-likeness (QED) is 0.375. The smallest absolute Gasteiger partial charge is 0.181 e. The van der Waals surface area contributed by atoms with E-state index in [1.54, 1.807) is 6.92 Å². The summed E-state index contributed by atoms with van der Waals surface area (Å²) < 4.78 is 4.74. The minimum absolute atomic E-state index is 0.366. The van der Waals surface area contributed by atoms with Crippen molar-refractivity contribution in [2.24, 2.45) is 5.92 Å². The van der Waals surface area contributed by atoms with Gasteiger partial charge in [0.2, 0.25) is 0 Å². The summed E-state index contributed by atoms with van der Waals surface area (Å²) in [6.45, 7) is 1.22. The van der Waals surface area contributed by atoms with Gasteiger partial charge in [0.15, 0.2) is 6.29 Å². The lowest BCUT2D eigenvalue weighted by molar-refractivity contribution is -0.271. The van der Waals surface area contributed by atoms with Crippen molar-refractivity contribution in [3.63, 3.8) is 0 Å². The van der Waals surface area contributed by atoms with Crippen LogP contribution in [-0.2, 0) is 4.74 Å². The molecule has 0 amide bonds. The number of hydrogen-bond donors (Lipinski definition) is 4. The second-order valence-electron chi connectivity index (χ2n) is 3.09. The van der Waals surface area contributed by atoms with Crippen LogP contribution in [0.4, 0.5) is 0 Å². The van der Waals surface area contributed by atoms with Crippen LogP contribution in [0.3, 0.4) is 0 Å². The maximum Gasteiger partial charge on any atom is 0.181 e. The van der Waals surface area contributed by atoms with Gasteiger partial charge in [-0.25, -0.2) is 0 Å². The number of aliphatic hydroxyl groups is 4. The Morgan fingerprint density at radius 3 is 2.25 bits per heavy atom. The van der Waals surface area contributed by atoms with Crippen LogP contribution in [0, 0.1) is 5.92 Å². The zero-order valence-electron chi connectivity index (χ0n) is 6.79. The van der Waals surface area contributed by atoms with Crippen molar-refractivity contribution < 1.29 is 25.2 Å². The molecule has 12 heavy (non-hydrogen) atoms. The zero-order valence-corrected chi connectivity index (χ0v) is 6.79. The van der Waals surface area contributed by atoms with Gasteiger partial charge in [-0.15, -0.1) is 0 Å². The average molecular weight is 178 g/mol. The molecule has 0 saturated carbocycles. The van der Waals surface area contributed by atoms with E-state index in [4.69, 9.17) is 14.9 Å². The van der Waals surface area contributed by atoms with E-state index in [9.17, 15) is 10.2 Å². The lowest BCUT2D eigenvalue weighted by Crippen LogP contribution is -2.54. The van der Waals surface area contributed by atoms with Gasteiger partial charge in [0.25, 0.3) is 0 Å². The normalized spacial score (nSPS) is 49.2. The fourth-order valence-electron chi connectivity index (χ4n) is 1.29. The number of hydrogen-bond acceptors (Lipinski definition) is 5. The van der Waals surface area contributed by atoms with Crippen LogP contribution >= 0.6 is 0 Å². The molecule has 0 spiro atoms. The van der Waals surface area contributed by atoms with Crippen molar-refractivity contribution in [2.75, 3.05) is 6.61 Å². The van der Waals surface area contributed by atoms with Gasteiger partial charge in [-0.05, 0) is 0 Å². The highest BCUT2D eigenvalue weighted by Gasteiger charge is 2.40. The van der Waals surface area contributed by atoms with E-state index in [2.05, 4.69) is 0 Å². The highest BCUT2D eigenvalue weighted by atomic mass is 16.6. The Kier molecular flexibility index (Phi) is 3.03. The number of ether oxygens (including phenoxy) is 1. The fraction of sp³-hybridized carbons (Fsp3) is 1.00. The monoisotopic (exact) mass is 178 g/mol. The Bertz CT molecular complexity index is 146. The fourth-order valence-corrected chi connectivity index (χ4v) is 1.29. The van der Waals surface area contributed by atoms with Crippen molar-refractivity contribution in [1.82, 2.24) is 0 Å². The molecule has 72 valence electrons. The molecule has 1 saturated heterocycles. The second-order valence-corrected chi connectivity index (χ2v) is 3.09. The summed E-state index contributed by atoms with van der Waals surface area (Å²) in [5.41, 5.74) is 0. The van der Waals surface area contributed by atoms with Crippen LogP contribution in [-0.4, -0.2) is 51.6 Å². The summed E-state index contributed by atoms with van der Waals surface area (Å²) in [7, 11) is 0. The minimum Gasteiger partial charge on any atom is -0.394 e. The van der Waals surface area contributed by atoms with E-state index in [0.29, 0.717) is 0 Å². The van der Waals surface area contributed by atoms with E-state index in [1.807, 2.05) is 0 Å². The van der Waals surface area contributed by atoms with Crippen LogP contribution in [0.25, 0.3) is 0 Å². The van der Waals surface area contributed by atoms with Crippen LogP contribution < -0.4 is 0 Å². The van der Waals surface area contributed by atoms with E-state index >= 15 is 0 Å². The molecule has 5 atom stereocenters. The van der Waals surface area contributed by atoms with Gasteiger partial charge in [-0.1, -0.05) is 6.92 Å². The molecule has 5 heteroatoms. The van der Waals surface area contributed by atoms with Gasteiger partial charge in [0.1, 0.15) is 12.2 Å². The first-order chi connectivity index (χ1) is 5.57. The third-order valence-corrected chi connectivity index (χ3v) is 2.24. The molecule has 1 rings (SSSR count). The first-order valence-corrected chi connectivity index (χ1v) is 3.88. The van der Waals surface area contributed by atoms with E-state index in [-0.39, 0.29) is 6.61 Å². The van der Waals surface area contributed by atoms with Gasteiger partial charge in [0, 0.05) is 5.92 Å². The third-order valence-electron chi connectivity index (χ3n) is 2.24. The van der Waals surface area contributed by atoms with E-state index in [1.165, 1.54) is 0 Å². The molecule has 1 fully saturated rings. The summed E-state index contributed by atoms with van der Waals surface area (Å²) in [5, 5.41) is 36.4. The topological polar surface area (TPSA) is 90.2 Å². The van der Waals surface area contributed by atoms with Gasteiger partial charge < -0.3 is 25.2 Å². The largest absolute Gasteiger partial charge is 0.394 e. The van der Waals surface area contributed by atoms with Crippen molar-refractivity contribution in [2.45, 2.75) is 31.5 Å². The predicted octanol–water partition coefficient (Wildman–Crippen LogP) is -1.95. The Balaban J connectivity index is 2.63.